The molecule has 20 heavy (non-hydrogen) atoms. The largest absolute Gasteiger partial charge is 0.377 e. The highest BCUT2D eigenvalue weighted by atomic mass is 16.5. The molecule has 1 atom stereocenters. The summed E-state index contributed by atoms with van der Waals surface area (Å²) in [6, 6.07) is 3.56. The Morgan fingerprint density at radius 1 is 1.25 bits per heavy atom. The Morgan fingerprint density at radius 3 is 2.65 bits per heavy atom. The highest BCUT2D eigenvalue weighted by Crippen LogP contribution is 2.15. The Morgan fingerprint density at radius 2 is 2.00 bits per heavy atom. The van der Waals surface area contributed by atoms with Gasteiger partial charge in [0.25, 0.3) is 5.91 Å². The van der Waals surface area contributed by atoms with Crippen LogP contribution in [0.1, 0.15) is 23.2 Å². The maximum Gasteiger partial charge on any atom is 0.254 e. The lowest BCUT2D eigenvalue weighted by Gasteiger charge is -2.35. The molecule has 0 aromatic carbocycles. The van der Waals surface area contributed by atoms with E-state index in [-0.39, 0.29) is 5.91 Å². The summed E-state index contributed by atoms with van der Waals surface area (Å²) >= 11 is 0. The Kier molecular flexibility index (Phi) is 4.28. The predicted molar refractivity (Wildman–Crippen MR) is 75.6 cm³/mol. The quantitative estimate of drug-likeness (QED) is 0.826. The summed E-state index contributed by atoms with van der Waals surface area (Å²) in [7, 11) is 0. The lowest BCUT2D eigenvalue weighted by Crippen LogP contribution is -2.50. The molecule has 0 bridgehead atoms. The van der Waals surface area contributed by atoms with Gasteiger partial charge in [0.2, 0.25) is 0 Å². The van der Waals surface area contributed by atoms with Gasteiger partial charge in [-0.15, -0.1) is 0 Å². The van der Waals surface area contributed by atoms with E-state index in [9.17, 15) is 4.79 Å². The minimum Gasteiger partial charge on any atom is -0.377 e. The van der Waals surface area contributed by atoms with E-state index in [1.165, 1.54) is 12.8 Å². The SMILES string of the molecule is O=C(c1ccncc1)N1CCN(C[C@@H]2CCCO2)CC1. The first-order valence-electron chi connectivity index (χ1n) is 7.36. The van der Waals surface area contributed by atoms with Gasteiger partial charge in [-0.3, -0.25) is 14.7 Å². The fourth-order valence-electron chi connectivity index (χ4n) is 2.89. The molecule has 0 radical (unpaired) electrons. The molecule has 1 aromatic rings. The first-order valence-corrected chi connectivity index (χ1v) is 7.36. The Balaban J connectivity index is 1.49. The van der Waals surface area contributed by atoms with Gasteiger partial charge in [-0.2, -0.15) is 0 Å². The number of aromatic nitrogens is 1. The minimum absolute atomic E-state index is 0.115. The Labute approximate surface area is 119 Å². The standard InChI is InChI=1S/C15H21N3O2/c19-15(13-3-5-16-6-4-13)18-9-7-17(8-10-18)12-14-2-1-11-20-14/h3-6,14H,1-2,7-12H2/t14-/m0/s1. The molecular formula is C15H21N3O2. The summed E-state index contributed by atoms with van der Waals surface area (Å²) in [4.78, 5) is 20.6. The zero-order chi connectivity index (χ0) is 13.8. The van der Waals surface area contributed by atoms with Crippen molar-refractivity contribution in [1.82, 2.24) is 14.8 Å². The lowest BCUT2D eigenvalue weighted by atomic mass is 10.2. The molecule has 3 heterocycles. The molecule has 108 valence electrons. The lowest BCUT2D eigenvalue weighted by molar-refractivity contribution is 0.0432. The Bertz CT molecular complexity index is 438. The Hall–Kier alpha value is -1.46. The summed E-state index contributed by atoms with van der Waals surface area (Å²) in [6.45, 7) is 5.40. The summed E-state index contributed by atoms with van der Waals surface area (Å²) in [6.07, 6.45) is 6.10. The molecule has 0 aliphatic carbocycles. The number of amides is 1. The van der Waals surface area contributed by atoms with Gasteiger partial charge in [0, 0.05) is 57.3 Å². The van der Waals surface area contributed by atoms with Crippen molar-refractivity contribution < 1.29 is 9.53 Å². The van der Waals surface area contributed by atoms with Crippen LogP contribution >= 0.6 is 0 Å². The summed E-state index contributed by atoms with van der Waals surface area (Å²) in [5, 5.41) is 0. The first-order chi connectivity index (χ1) is 9.83. The number of hydrogen-bond acceptors (Lipinski definition) is 4. The minimum atomic E-state index is 0.115. The van der Waals surface area contributed by atoms with Crippen molar-refractivity contribution in [1.29, 1.82) is 0 Å². The molecule has 2 aliphatic rings. The number of hydrogen-bond donors (Lipinski definition) is 0. The number of pyridine rings is 1. The average Bonchev–Trinajstić information content (AvgIpc) is 3.01. The van der Waals surface area contributed by atoms with Crippen LogP contribution in [0.25, 0.3) is 0 Å². The molecule has 5 heteroatoms. The van der Waals surface area contributed by atoms with E-state index in [2.05, 4.69) is 9.88 Å². The molecule has 1 aromatic heterocycles. The van der Waals surface area contributed by atoms with E-state index in [1.54, 1.807) is 24.5 Å². The van der Waals surface area contributed by atoms with Gasteiger partial charge >= 0.3 is 0 Å². The molecule has 0 unspecified atom stereocenters. The van der Waals surface area contributed by atoms with Crippen molar-refractivity contribution in [3.05, 3.63) is 30.1 Å². The van der Waals surface area contributed by atoms with Crippen LogP contribution in [-0.2, 0) is 4.74 Å². The second-order valence-electron chi connectivity index (χ2n) is 5.46. The van der Waals surface area contributed by atoms with Crippen LogP contribution in [-0.4, -0.2) is 66.1 Å². The smallest absolute Gasteiger partial charge is 0.254 e. The van der Waals surface area contributed by atoms with Gasteiger partial charge in [0.05, 0.1) is 6.10 Å². The normalized spacial score (nSPS) is 24.0. The number of ether oxygens (including phenoxy) is 1. The monoisotopic (exact) mass is 275 g/mol. The van der Waals surface area contributed by atoms with Gasteiger partial charge in [0.1, 0.15) is 0 Å². The molecule has 3 rings (SSSR count). The van der Waals surface area contributed by atoms with Crippen molar-refractivity contribution in [2.24, 2.45) is 0 Å². The van der Waals surface area contributed by atoms with E-state index in [4.69, 9.17) is 4.74 Å². The maximum absolute atomic E-state index is 12.3. The zero-order valence-electron chi connectivity index (χ0n) is 11.7. The molecular weight excluding hydrogens is 254 g/mol. The second kappa shape index (κ2) is 6.33. The van der Waals surface area contributed by atoms with Gasteiger partial charge in [-0.25, -0.2) is 0 Å². The molecule has 2 aliphatic heterocycles. The number of piperazine rings is 1. The van der Waals surface area contributed by atoms with Gasteiger partial charge in [-0.05, 0) is 25.0 Å². The molecule has 0 saturated carbocycles. The second-order valence-corrected chi connectivity index (χ2v) is 5.46. The molecule has 2 fully saturated rings. The van der Waals surface area contributed by atoms with Crippen molar-refractivity contribution in [3.8, 4) is 0 Å². The van der Waals surface area contributed by atoms with Crippen molar-refractivity contribution >= 4 is 5.91 Å². The van der Waals surface area contributed by atoms with Crippen LogP contribution in [0.4, 0.5) is 0 Å². The number of rotatable bonds is 3. The average molecular weight is 275 g/mol. The van der Waals surface area contributed by atoms with E-state index < -0.39 is 0 Å². The molecule has 5 nitrogen and oxygen atoms in total. The number of nitrogens with zero attached hydrogens (tertiary/aromatic N) is 3. The van der Waals surface area contributed by atoms with Crippen LogP contribution in [0.15, 0.2) is 24.5 Å². The molecule has 0 N–H and O–H groups in total. The molecule has 0 spiro atoms. The van der Waals surface area contributed by atoms with Crippen LogP contribution < -0.4 is 0 Å². The van der Waals surface area contributed by atoms with Crippen LogP contribution in [0.2, 0.25) is 0 Å². The summed E-state index contributed by atoms with van der Waals surface area (Å²) in [5.41, 5.74) is 0.729. The predicted octanol–water partition coefficient (Wildman–Crippen LogP) is 1.02. The fourth-order valence-corrected chi connectivity index (χ4v) is 2.89. The fraction of sp³-hybridized carbons (Fsp3) is 0.600. The zero-order valence-corrected chi connectivity index (χ0v) is 11.7. The van der Waals surface area contributed by atoms with Crippen molar-refractivity contribution in [3.63, 3.8) is 0 Å². The van der Waals surface area contributed by atoms with Gasteiger partial charge in [-0.1, -0.05) is 0 Å². The number of carbonyl (C=O) groups excluding carboxylic acids is 1. The van der Waals surface area contributed by atoms with E-state index in [0.29, 0.717) is 6.10 Å². The van der Waals surface area contributed by atoms with E-state index >= 15 is 0 Å². The third kappa shape index (κ3) is 3.16. The third-order valence-electron chi connectivity index (χ3n) is 4.07. The van der Waals surface area contributed by atoms with E-state index in [1.807, 2.05) is 4.90 Å². The number of carbonyl (C=O) groups is 1. The topological polar surface area (TPSA) is 45.7 Å². The maximum atomic E-state index is 12.3. The molecule has 2 saturated heterocycles. The van der Waals surface area contributed by atoms with Crippen LogP contribution in [0, 0.1) is 0 Å². The van der Waals surface area contributed by atoms with Crippen LogP contribution in [0.5, 0.6) is 0 Å². The van der Waals surface area contributed by atoms with Gasteiger partial charge < -0.3 is 9.64 Å². The highest BCUT2D eigenvalue weighted by molar-refractivity contribution is 5.94. The van der Waals surface area contributed by atoms with Crippen LogP contribution in [0.3, 0.4) is 0 Å². The first kappa shape index (κ1) is 13.5. The summed E-state index contributed by atoms with van der Waals surface area (Å²) < 4.78 is 5.67. The van der Waals surface area contributed by atoms with E-state index in [0.717, 1.165) is 44.9 Å². The highest BCUT2D eigenvalue weighted by Gasteiger charge is 2.25. The van der Waals surface area contributed by atoms with Crippen molar-refractivity contribution in [2.75, 3.05) is 39.3 Å². The third-order valence-corrected chi connectivity index (χ3v) is 4.07. The van der Waals surface area contributed by atoms with Crippen molar-refractivity contribution in [2.45, 2.75) is 18.9 Å². The van der Waals surface area contributed by atoms with Gasteiger partial charge in [0.15, 0.2) is 0 Å². The summed E-state index contributed by atoms with van der Waals surface area (Å²) in [5.74, 6) is 0.115. The molecule has 1 amide bonds.